The SMILES string of the molecule is CC(O)COc1cccc2c(OCC(C)O)c(Cl)ccc12. The van der Waals surface area contributed by atoms with E-state index in [0.717, 1.165) is 10.8 Å². The molecule has 0 radical (unpaired) electrons. The molecule has 0 aliphatic carbocycles. The molecule has 114 valence electrons. The van der Waals surface area contributed by atoms with Gasteiger partial charge >= 0.3 is 0 Å². The second kappa shape index (κ2) is 6.98. The molecule has 0 aliphatic heterocycles. The van der Waals surface area contributed by atoms with Crippen molar-refractivity contribution in [2.75, 3.05) is 13.2 Å². The molecule has 0 saturated heterocycles. The summed E-state index contributed by atoms with van der Waals surface area (Å²) in [6.45, 7) is 3.69. The van der Waals surface area contributed by atoms with E-state index >= 15 is 0 Å². The average molecular weight is 311 g/mol. The maximum Gasteiger partial charge on any atom is 0.145 e. The van der Waals surface area contributed by atoms with Crippen LogP contribution in [0.25, 0.3) is 10.8 Å². The molecule has 0 heterocycles. The number of aliphatic hydroxyl groups excluding tert-OH is 2. The maximum atomic E-state index is 9.36. The van der Waals surface area contributed by atoms with Gasteiger partial charge in [0, 0.05) is 10.8 Å². The standard InChI is InChI=1S/C16H19ClO4/c1-10(18)8-20-15-5-3-4-13-12(15)6-7-14(17)16(13)21-9-11(2)19/h3-7,10-11,18-19H,8-9H2,1-2H3. The van der Waals surface area contributed by atoms with Gasteiger partial charge in [-0.05, 0) is 32.0 Å². The van der Waals surface area contributed by atoms with E-state index in [1.807, 2.05) is 24.3 Å². The number of hydrogen-bond donors (Lipinski definition) is 2. The van der Waals surface area contributed by atoms with Gasteiger partial charge in [0.05, 0.1) is 17.2 Å². The van der Waals surface area contributed by atoms with Gasteiger partial charge in [-0.25, -0.2) is 0 Å². The predicted octanol–water partition coefficient (Wildman–Crippen LogP) is 3.01. The van der Waals surface area contributed by atoms with Crippen LogP contribution in [-0.4, -0.2) is 35.6 Å². The minimum Gasteiger partial charge on any atom is -0.490 e. The molecule has 0 aromatic heterocycles. The van der Waals surface area contributed by atoms with Crippen LogP contribution in [0.5, 0.6) is 11.5 Å². The zero-order valence-corrected chi connectivity index (χ0v) is 12.8. The van der Waals surface area contributed by atoms with Crippen molar-refractivity contribution in [3.8, 4) is 11.5 Å². The molecule has 2 aromatic carbocycles. The summed E-state index contributed by atoms with van der Waals surface area (Å²) in [4.78, 5) is 0. The Morgan fingerprint density at radius 1 is 0.952 bits per heavy atom. The van der Waals surface area contributed by atoms with Gasteiger partial charge in [0.2, 0.25) is 0 Å². The lowest BCUT2D eigenvalue weighted by molar-refractivity contribution is 0.123. The van der Waals surface area contributed by atoms with Gasteiger partial charge in [0.1, 0.15) is 24.7 Å². The molecule has 5 heteroatoms. The Kier molecular flexibility index (Phi) is 5.28. The summed E-state index contributed by atoms with van der Waals surface area (Å²) in [5, 5.41) is 20.8. The van der Waals surface area contributed by atoms with Crippen LogP contribution in [0.2, 0.25) is 5.02 Å². The van der Waals surface area contributed by atoms with Crippen molar-refractivity contribution in [3.05, 3.63) is 35.4 Å². The quantitative estimate of drug-likeness (QED) is 0.861. The van der Waals surface area contributed by atoms with Crippen molar-refractivity contribution < 1.29 is 19.7 Å². The fourth-order valence-corrected chi connectivity index (χ4v) is 2.18. The third-order valence-corrected chi connectivity index (χ3v) is 3.17. The molecule has 0 spiro atoms. The van der Waals surface area contributed by atoms with Crippen LogP contribution in [-0.2, 0) is 0 Å². The van der Waals surface area contributed by atoms with Gasteiger partial charge < -0.3 is 19.7 Å². The summed E-state index contributed by atoms with van der Waals surface area (Å²) in [5.41, 5.74) is 0. The van der Waals surface area contributed by atoms with Crippen LogP contribution < -0.4 is 9.47 Å². The van der Waals surface area contributed by atoms with Crippen LogP contribution in [0.15, 0.2) is 30.3 Å². The van der Waals surface area contributed by atoms with E-state index < -0.39 is 12.2 Å². The minimum absolute atomic E-state index is 0.164. The smallest absolute Gasteiger partial charge is 0.145 e. The maximum absolute atomic E-state index is 9.36. The van der Waals surface area contributed by atoms with Gasteiger partial charge in [-0.15, -0.1) is 0 Å². The second-order valence-corrected chi connectivity index (χ2v) is 5.46. The normalized spacial score (nSPS) is 14.0. The highest BCUT2D eigenvalue weighted by molar-refractivity contribution is 6.33. The monoisotopic (exact) mass is 310 g/mol. The first-order valence-corrected chi connectivity index (χ1v) is 7.19. The number of rotatable bonds is 6. The second-order valence-electron chi connectivity index (χ2n) is 5.05. The highest BCUT2D eigenvalue weighted by atomic mass is 35.5. The highest BCUT2D eigenvalue weighted by Gasteiger charge is 2.12. The van der Waals surface area contributed by atoms with Gasteiger partial charge in [0.25, 0.3) is 0 Å². The van der Waals surface area contributed by atoms with E-state index in [1.165, 1.54) is 0 Å². The molecular weight excluding hydrogens is 292 g/mol. The van der Waals surface area contributed by atoms with E-state index in [4.69, 9.17) is 21.1 Å². The minimum atomic E-state index is -0.578. The molecular formula is C16H19ClO4. The molecule has 0 amide bonds. The molecule has 0 bridgehead atoms. The summed E-state index contributed by atoms with van der Waals surface area (Å²) in [7, 11) is 0. The number of ether oxygens (including phenoxy) is 2. The fourth-order valence-electron chi connectivity index (χ4n) is 1.96. The lowest BCUT2D eigenvalue weighted by Crippen LogP contribution is -2.14. The van der Waals surface area contributed by atoms with Gasteiger partial charge in [0.15, 0.2) is 0 Å². The predicted molar refractivity (Wildman–Crippen MR) is 83.3 cm³/mol. The van der Waals surface area contributed by atoms with Crippen molar-refractivity contribution in [1.29, 1.82) is 0 Å². The van der Waals surface area contributed by atoms with Crippen molar-refractivity contribution in [2.45, 2.75) is 26.1 Å². The third-order valence-electron chi connectivity index (χ3n) is 2.87. The Morgan fingerprint density at radius 2 is 1.62 bits per heavy atom. The molecule has 2 rings (SSSR count). The first kappa shape index (κ1) is 15.9. The zero-order chi connectivity index (χ0) is 15.4. The Labute approximate surface area is 128 Å². The van der Waals surface area contributed by atoms with Gasteiger partial charge in [-0.2, -0.15) is 0 Å². The van der Waals surface area contributed by atoms with E-state index in [2.05, 4.69) is 0 Å². The van der Waals surface area contributed by atoms with E-state index in [0.29, 0.717) is 16.5 Å². The first-order valence-electron chi connectivity index (χ1n) is 6.82. The first-order chi connectivity index (χ1) is 9.99. The molecule has 0 saturated carbocycles. The number of benzene rings is 2. The van der Waals surface area contributed by atoms with Crippen LogP contribution in [0.4, 0.5) is 0 Å². The van der Waals surface area contributed by atoms with Crippen molar-refractivity contribution in [3.63, 3.8) is 0 Å². The Bertz CT molecular complexity index is 610. The Hall–Kier alpha value is -1.49. The number of hydrogen-bond acceptors (Lipinski definition) is 4. The summed E-state index contributed by atoms with van der Waals surface area (Å²) in [6.07, 6.45) is -1.12. The third kappa shape index (κ3) is 4.00. The lowest BCUT2D eigenvalue weighted by atomic mass is 10.1. The summed E-state index contributed by atoms with van der Waals surface area (Å²) >= 11 is 6.18. The van der Waals surface area contributed by atoms with E-state index in [-0.39, 0.29) is 13.2 Å². The molecule has 21 heavy (non-hydrogen) atoms. The molecule has 2 unspecified atom stereocenters. The van der Waals surface area contributed by atoms with E-state index in [9.17, 15) is 10.2 Å². The molecule has 2 N–H and O–H groups in total. The summed E-state index contributed by atoms with van der Waals surface area (Å²) < 4.78 is 11.2. The molecule has 0 fully saturated rings. The zero-order valence-electron chi connectivity index (χ0n) is 12.0. The van der Waals surface area contributed by atoms with Crippen LogP contribution in [0.1, 0.15) is 13.8 Å². The average Bonchev–Trinajstić information content (AvgIpc) is 2.43. The molecule has 2 aromatic rings. The van der Waals surface area contributed by atoms with Crippen LogP contribution in [0.3, 0.4) is 0 Å². The number of aliphatic hydroxyl groups is 2. The van der Waals surface area contributed by atoms with E-state index in [1.54, 1.807) is 19.9 Å². The van der Waals surface area contributed by atoms with Crippen LogP contribution >= 0.6 is 11.6 Å². The molecule has 0 aliphatic rings. The van der Waals surface area contributed by atoms with Gasteiger partial charge in [-0.3, -0.25) is 0 Å². The Balaban J connectivity index is 2.40. The lowest BCUT2D eigenvalue weighted by Gasteiger charge is -2.15. The van der Waals surface area contributed by atoms with Crippen molar-refractivity contribution in [2.24, 2.45) is 0 Å². The van der Waals surface area contributed by atoms with Crippen LogP contribution in [0, 0.1) is 0 Å². The topological polar surface area (TPSA) is 58.9 Å². The van der Waals surface area contributed by atoms with Gasteiger partial charge in [-0.1, -0.05) is 23.7 Å². The van der Waals surface area contributed by atoms with Crippen molar-refractivity contribution in [1.82, 2.24) is 0 Å². The number of halogens is 1. The molecule has 2 atom stereocenters. The summed E-state index contributed by atoms with van der Waals surface area (Å²) in [6, 6.07) is 9.14. The number of fused-ring (bicyclic) bond motifs is 1. The largest absolute Gasteiger partial charge is 0.490 e. The fraction of sp³-hybridized carbons (Fsp3) is 0.375. The summed E-state index contributed by atoms with van der Waals surface area (Å²) in [5.74, 6) is 1.18. The Morgan fingerprint density at radius 3 is 2.29 bits per heavy atom. The van der Waals surface area contributed by atoms with Crippen molar-refractivity contribution >= 4 is 22.4 Å². The molecule has 4 nitrogen and oxygen atoms in total. The highest BCUT2D eigenvalue weighted by Crippen LogP contribution is 2.37.